The lowest BCUT2D eigenvalue weighted by molar-refractivity contribution is -0.275. The number of rotatable bonds is 5. The topological polar surface area (TPSA) is 9.23 Å². The molecule has 0 bridgehead atoms. The van der Waals surface area contributed by atoms with Gasteiger partial charge in [0.15, 0.2) is 11.6 Å². The molecule has 1 saturated carbocycles. The minimum absolute atomic E-state index is 0.00230. The van der Waals surface area contributed by atoms with E-state index in [1.807, 2.05) is 0 Å². The molecule has 0 aromatic heterocycles. The van der Waals surface area contributed by atoms with Gasteiger partial charge in [-0.25, -0.2) is 13.2 Å². The second-order valence-electron chi connectivity index (χ2n) is 8.99. The van der Waals surface area contributed by atoms with Gasteiger partial charge in [-0.1, -0.05) is 31.6 Å². The summed E-state index contributed by atoms with van der Waals surface area (Å²) in [6.07, 6.45) is 3.67. The summed E-state index contributed by atoms with van der Waals surface area (Å²) in [7, 11) is 0. The van der Waals surface area contributed by atoms with Gasteiger partial charge in [-0.15, -0.1) is 13.2 Å². The fourth-order valence-electron chi connectivity index (χ4n) is 5.71. The second-order valence-corrected chi connectivity index (χ2v) is 8.99. The normalized spacial score (nSPS) is 25.1. The van der Waals surface area contributed by atoms with Crippen LogP contribution in [-0.2, 0) is 6.42 Å². The summed E-state index contributed by atoms with van der Waals surface area (Å²) in [5.74, 6) is -3.30. The number of allylic oxidation sites excluding steroid dienone is 2. The highest BCUT2D eigenvalue weighted by molar-refractivity contribution is 5.39. The van der Waals surface area contributed by atoms with E-state index in [-0.39, 0.29) is 23.7 Å². The van der Waals surface area contributed by atoms with E-state index in [2.05, 4.69) is 23.8 Å². The lowest BCUT2D eigenvalue weighted by Crippen LogP contribution is -2.35. The number of ether oxygens (including phenoxy) is 1. The fourth-order valence-corrected chi connectivity index (χ4v) is 5.71. The number of hydrogen-bond donors (Lipinski definition) is 0. The minimum Gasteiger partial charge on any atom is -0.403 e. The van der Waals surface area contributed by atoms with E-state index in [1.54, 1.807) is 0 Å². The van der Waals surface area contributed by atoms with Crippen LogP contribution >= 0.6 is 0 Å². The fraction of sp³-hybridized carbons (Fsp3) is 0.462. The molecule has 1 nitrogen and oxygen atoms in total. The van der Waals surface area contributed by atoms with Crippen LogP contribution in [0.15, 0.2) is 42.5 Å². The summed E-state index contributed by atoms with van der Waals surface area (Å²) in [4.78, 5) is 0. The van der Waals surface area contributed by atoms with E-state index >= 15 is 0 Å². The molecule has 4 rings (SSSR count). The number of fused-ring (bicyclic) bond motifs is 3. The zero-order valence-electron chi connectivity index (χ0n) is 18.3. The molecule has 178 valence electrons. The SMILES string of the molecule is CCCC=CC1CCC2c3cc(F)cc(F)c3CCC2C1c1ccc(OC(F)(F)F)c(F)c1. The molecule has 0 N–H and O–H groups in total. The molecule has 7 heteroatoms. The van der Waals surface area contributed by atoms with Gasteiger partial charge in [0, 0.05) is 6.07 Å². The Morgan fingerprint density at radius 3 is 2.48 bits per heavy atom. The first-order chi connectivity index (χ1) is 15.7. The Morgan fingerprint density at radius 2 is 1.79 bits per heavy atom. The Hall–Kier alpha value is -2.44. The molecule has 1 fully saturated rings. The number of benzene rings is 2. The van der Waals surface area contributed by atoms with Crippen LogP contribution in [0.2, 0.25) is 0 Å². The van der Waals surface area contributed by atoms with Crippen LogP contribution in [0.25, 0.3) is 0 Å². The predicted molar refractivity (Wildman–Crippen MR) is 114 cm³/mol. The molecule has 0 spiro atoms. The van der Waals surface area contributed by atoms with Crippen molar-refractivity contribution in [1.82, 2.24) is 0 Å². The lowest BCUT2D eigenvalue weighted by atomic mass is 9.58. The van der Waals surface area contributed by atoms with Crippen LogP contribution in [0.1, 0.15) is 67.6 Å². The first-order valence-corrected chi connectivity index (χ1v) is 11.4. The molecule has 2 aliphatic carbocycles. The number of halogens is 6. The minimum atomic E-state index is -4.98. The van der Waals surface area contributed by atoms with Crippen molar-refractivity contribution in [2.75, 3.05) is 0 Å². The maximum Gasteiger partial charge on any atom is 0.573 e. The van der Waals surface area contributed by atoms with Crippen LogP contribution in [0.5, 0.6) is 5.75 Å². The van der Waals surface area contributed by atoms with Gasteiger partial charge < -0.3 is 4.74 Å². The van der Waals surface area contributed by atoms with Crippen LogP contribution in [0, 0.1) is 29.3 Å². The first kappa shape index (κ1) is 23.7. The number of hydrogen-bond acceptors (Lipinski definition) is 1. The van der Waals surface area contributed by atoms with E-state index in [0.717, 1.165) is 43.9 Å². The lowest BCUT2D eigenvalue weighted by Gasteiger charge is -2.46. The summed E-state index contributed by atoms with van der Waals surface area (Å²) in [5, 5.41) is 0. The van der Waals surface area contributed by atoms with Crippen molar-refractivity contribution in [2.45, 2.75) is 63.6 Å². The maximum absolute atomic E-state index is 14.6. The Kier molecular flexibility index (Phi) is 6.78. The zero-order chi connectivity index (χ0) is 23.8. The summed E-state index contributed by atoms with van der Waals surface area (Å²) >= 11 is 0. The zero-order valence-corrected chi connectivity index (χ0v) is 18.3. The largest absolute Gasteiger partial charge is 0.573 e. The average Bonchev–Trinajstić information content (AvgIpc) is 2.74. The van der Waals surface area contributed by atoms with Crippen molar-refractivity contribution in [1.29, 1.82) is 0 Å². The van der Waals surface area contributed by atoms with Gasteiger partial charge in [0.2, 0.25) is 0 Å². The van der Waals surface area contributed by atoms with E-state index < -0.39 is 29.6 Å². The van der Waals surface area contributed by atoms with Crippen molar-refractivity contribution >= 4 is 0 Å². The first-order valence-electron chi connectivity index (χ1n) is 11.4. The van der Waals surface area contributed by atoms with Crippen LogP contribution in [0.3, 0.4) is 0 Å². The van der Waals surface area contributed by atoms with Crippen molar-refractivity contribution in [3.05, 3.63) is 76.6 Å². The summed E-state index contributed by atoms with van der Waals surface area (Å²) < 4.78 is 84.6. The third-order valence-corrected chi connectivity index (χ3v) is 6.98. The van der Waals surface area contributed by atoms with E-state index in [4.69, 9.17) is 0 Å². The van der Waals surface area contributed by atoms with E-state index in [1.165, 1.54) is 12.1 Å². The van der Waals surface area contributed by atoms with Crippen molar-refractivity contribution < 1.29 is 31.1 Å². The van der Waals surface area contributed by atoms with E-state index in [9.17, 15) is 26.3 Å². The molecule has 2 aromatic rings. The molecule has 0 radical (unpaired) electrons. The van der Waals surface area contributed by atoms with Gasteiger partial charge in [0.25, 0.3) is 0 Å². The molecule has 0 heterocycles. The standard InChI is InChI=1S/C26H26F6O/c1-2-3-4-5-15-6-8-18-20(10-9-19-21(18)13-17(27)14-22(19)28)25(15)16-7-11-24(23(29)12-16)33-26(30,31)32/h4-5,7,11-15,18,20,25H,2-3,6,8-10H2,1H3. The second kappa shape index (κ2) is 9.43. The summed E-state index contributed by atoms with van der Waals surface area (Å²) in [5.41, 5.74) is 1.79. The highest BCUT2D eigenvalue weighted by Crippen LogP contribution is 2.54. The van der Waals surface area contributed by atoms with Crippen LogP contribution in [-0.4, -0.2) is 6.36 Å². The molecule has 0 amide bonds. The molecule has 0 saturated heterocycles. The van der Waals surface area contributed by atoms with Crippen molar-refractivity contribution in [3.8, 4) is 5.75 Å². The van der Waals surface area contributed by atoms with E-state index in [0.29, 0.717) is 29.5 Å². The van der Waals surface area contributed by atoms with Crippen molar-refractivity contribution in [3.63, 3.8) is 0 Å². The Balaban J connectivity index is 1.72. The maximum atomic E-state index is 14.6. The van der Waals surface area contributed by atoms with Gasteiger partial charge in [-0.3, -0.25) is 0 Å². The Morgan fingerprint density at radius 1 is 1.00 bits per heavy atom. The quantitative estimate of drug-likeness (QED) is 0.317. The molecule has 2 aliphatic rings. The van der Waals surface area contributed by atoms with Gasteiger partial charge >= 0.3 is 6.36 Å². The number of unbranched alkanes of at least 4 members (excludes halogenated alkanes) is 1. The molecule has 2 aromatic carbocycles. The smallest absolute Gasteiger partial charge is 0.403 e. The third-order valence-electron chi connectivity index (χ3n) is 6.98. The monoisotopic (exact) mass is 468 g/mol. The van der Waals surface area contributed by atoms with Gasteiger partial charge in [0.1, 0.15) is 11.6 Å². The average molecular weight is 468 g/mol. The number of alkyl halides is 3. The molecule has 0 aliphatic heterocycles. The summed E-state index contributed by atoms with van der Waals surface area (Å²) in [6, 6.07) is 5.94. The van der Waals surface area contributed by atoms with Gasteiger partial charge in [-0.05, 0) is 90.7 Å². The molecule has 33 heavy (non-hydrogen) atoms. The Bertz CT molecular complexity index is 1030. The molecular formula is C26H26F6O. The van der Waals surface area contributed by atoms with Crippen LogP contribution < -0.4 is 4.74 Å². The van der Waals surface area contributed by atoms with Gasteiger partial charge in [0.05, 0.1) is 0 Å². The predicted octanol–water partition coefficient (Wildman–Crippen LogP) is 8.20. The Labute approximate surface area is 189 Å². The van der Waals surface area contributed by atoms with Crippen molar-refractivity contribution in [2.24, 2.45) is 11.8 Å². The highest BCUT2D eigenvalue weighted by Gasteiger charge is 2.43. The highest BCUT2D eigenvalue weighted by atomic mass is 19.4. The van der Waals surface area contributed by atoms with Gasteiger partial charge in [-0.2, -0.15) is 0 Å². The molecular weight excluding hydrogens is 442 g/mol. The summed E-state index contributed by atoms with van der Waals surface area (Å²) in [6.45, 7) is 2.06. The molecule has 4 atom stereocenters. The third kappa shape index (κ3) is 5.07. The molecule has 4 unspecified atom stereocenters. The van der Waals surface area contributed by atoms with Crippen LogP contribution in [0.4, 0.5) is 26.3 Å².